The summed E-state index contributed by atoms with van der Waals surface area (Å²) in [5.74, 6) is 0. The van der Waals surface area contributed by atoms with E-state index in [4.69, 9.17) is 4.42 Å². The summed E-state index contributed by atoms with van der Waals surface area (Å²) in [5.41, 5.74) is 12.0. The Labute approximate surface area is 199 Å². The lowest BCUT2D eigenvalue weighted by atomic mass is 9.82. The summed E-state index contributed by atoms with van der Waals surface area (Å²) in [5, 5.41) is 12.2. The molecule has 1 aliphatic rings. The first kappa shape index (κ1) is 20.7. The van der Waals surface area contributed by atoms with E-state index in [0.29, 0.717) is 5.56 Å². The maximum atomic E-state index is 10.1. The molecular formula is C31H27N2O+. The number of rotatable bonds is 2. The summed E-state index contributed by atoms with van der Waals surface area (Å²) in [6.45, 7) is 4.34. The number of nitriles is 1. The van der Waals surface area contributed by atoms with Crippen molar-refractivity contribution in [1.82, 2.24) is 0 Å². The molecule has 0 saturated heterocycles. The minimum absolute atomic E-state index is 0.673. The Morgan fingerprint density at radius 1 is 0.794 bits per heavy atom. The van der Waals surface area contributed by atoms with Crippen LogP contribution in [0.15, 0.2) is 65.2 Å². The maximum absolute atomic E-state index is 10.1. The summed E-state index contributed by atoms with van der Waals surface area (Å²) in [6, 6.07) is 21.4. The standard InChI is InChI=1S/C31H27N2O/c1-19-11-14-24(23-9-5-4-8-22(19)23)29-21(18-32)13-16-26-25-15-12-20(2)28(30(25)34-31(26)29)27-10-6-7-17-33(27)3/h6-7,10-17H,4-5,8-9H2,1-3H3/q+1. The Kier molecular flexibility index (Phi) is 4.78. The molecule has 0 bridgehead atoms. The van der Waals surface area contributed by atoms with Gasteiger partial charge in [-0.15, -0.1) is 0 Å². The van der Waals surface area contributed by atoms with E-state index >= 15 is 0 Å². The third-order valence-corrected chi connectivity index (χ3v) is 7.49. The molecule has 0 saturated carbocycles. The van der Waals surface area contributed by atoms with E-state index in [-0.39, 0.29) is 0 Å². The molecule has 166 valence electrons. The highest BCUT2D eigenvalue weighted by Crippen LogP contribution is 2.44. The molecule has 3 aromatic carbocycles. The van der Waals surface area contributed by atoms with Crippen LogP contribution < -0.4 is 4.57 Å². The van der Waals surface area contributed by atoms with Crippen LogP contribution in [-0.2, 0) is 19.9 Å². The Morgan fingerprint density at radius 2 is 1.50 bits per heavy atom. The topological polar surface area (TPSA) is 40.8 Å². The third kappa shape index (κ3) is 2.99. The van der Waals surface area contributed by atoms with Gasteiger partial charge in [-0.2, -0.15) is 5.26 Å². The van der Waals surface area contributed by atoms with E-state index in [9.17, 15) is 5.26 Å². The van der Waals surface area contributed by atoms with Gasteiger partial charge in [-0.3, -0.25) is 0 Å². The largest absolute Gasteiger partial charge is 0.454 e. The lowest BCUT2D eigenvalue weighted by Gasteiger charge is -2.22. The van der Waals surface area contributed by atoms with Gasteiger partial charge < -0.3 is 4.42 Å². The molecule has 2 heterocycles. The average molecular weight is 444 g/mol. The number of fused-ring (bicyclic) bond motifs is 4. The van der Waals surface area contributed by atoms with E-state index in [2.05, 4.69) is 74.1 Å². The predicted molar refractivity (Wildman–Crippen MR) is 137 cm³/mol. The van der Waals surface area contributed by atoms with E-state index in [1.807, 2.05) is 18.2 Å². The molecule has 0 unspecified atom stereocenters. The summed E-state index contributed by atoms with van der Waals surface area (Å²) >= 11 is 0. The number of nitrogens with zero attached hydrogens (tertiary/aromatic N) is 2. The summed E-state index contributed by atoms with van der Waals surface area (Å²) in [7, 11) is 2.06. The van der Waals surface area contributed by atoms with E-state index in [1.54, 1.807) is 0 Å². The van der Waals surface area contributed by atoms with Crippen molar-refractivity contribution >= 4 is 21.9 Å². The van der Waals surface area contributed by atoms with Gasteiger partial charge in [0.05, 0.1) is 17.2 Å². The molecule has 3 nitrogen and oxygen atoms in total. The van der Waals surface area contributed by atoms with Gasteiger partial charge in [-0.1, -0.05) is 24.3 Å². The molecule has 0 amide bonds. The van der Waals surface area contributed by atoms with Crippen LogP contribution in [0.4, 0.5) is 0 Å². The van der Waals surface area contributed by atoms with Gasteiger partial charge in [0.1, 0.15) is 18.2 Å². The predicted octanol–water partition coefficient (Wildman–Crippen LogP) is 7.11. The van der Waals surface area contributed by atoms with Crippen LogP contribution in [0.5, 0.6) is 0 Å². The molecular weight excluding hydrogens is 416 g/mol. The molecule has 34 heavy (non-hydrogen) atoms. The van der Waals surface area contributed by atoms with Crippen molar-refractivity contribution in [3.63, 3.8) is 0 Å². The number of pyridine rings is 1. The molecule has 0 atom stereocenters. The number of hydrogen-bond donors (Lipinski definition) is 0. The molecule has 0 radical (unpaired) electrons. The second-order valence-corrected chi connectivity index (χ2v) is 9.50. The zero-order chi connectivity index (χ0) is 23.4. The Morgan fingerprint density at radius 3 is 2.26 bits per heavy atom. The van der Waals surface area contributed by atoms with Gasteiger partial charge >= 0.3 is 0 Å². The van der Waals surface area contributed by atoms with Crippen LogP contribution in [0.2, 0.25) is 0 Å². The Balaban J connectivity index is 1.73. The average Bonchev–Trinajstić information content (AvgIpc) is 3.23. The molecule has 3 heteroatoms. The van der Waals surface area contributed by atoms with Crippen molar-refractivity contribution in [1.29, 1.82) is 5.26 Å². The number of furan rings is 1. The fraction of sp³-hybridized carbons (Fsp3) is 0.226. The first-order valence-electron chi connectivity index (χ1n) is 12.0. The van der Waals surface area contributed by atoms with Crippen molar-refractivity contribution in [2.75, 3.05) is 0 Å². The van der Waals surface area contributed by atoms with Crippen molar-refractivity contribution in [3.05, 3.63) is 88.6 Å². The maximum Gasteiger partial charge on any atom is 0.216 e. The van der Waals surface area contributed by atoms with Gasteiger partial charge in [-0.05, 0) is 85.5 Å². The summed E-state index contributed by atoms with van der Waals surface area (Å²) in [4.78, 5) is 0. The summed E-state index contributed by atoms with van der Waals surface area (Å²) in [6.07, 6.45) is 6.65. The monoisotopic (exact) mass is 443 g/mol. The zero-order valence-electron chi connectivity index (χ0n) is 19.9. The van der Waals surface area contributed by atoms with Gasteiger partial charge in [0.15, 0.2) is 6.20 Å². The van der Waals surface area contributed by atoms with Crippen molar-refractivity contribution in [3.8, 4) is 28.5 Å². The van der Waals surface area contributed by atoms with Crippen molar-refractivity contribution in [2.45, 2.75) is 39.5 Å². The zero-order valence-corrected chi connectivity index (χ0v) is 19.9. The molecule has 0 N–H and O–H groups in total. The van der Waals surface area contributed by atoms with Crippen LogP contribution in [0.3, 0.4) is 0 Å². The lowest BCUT2D eigenvalue weighted by molar-refractivity contribution is -0.660. The number of aryl methyl sites for hydroxylation is 3. The SMILES string of the molecule is Cc1ccc(-c2c(C#N)ccc3c2oc2c(-c4cccc[n+]4C)c(C)ccc23)c2c1CCCC2. The smallest absolute Gasteiger partial charge is 0.216 e. The molecule has 6 rings (SSSR count). The molecule has 0 aliphatic heterocycles. The van der Waals surface area contributed by atoms with Gasteiger partial charge in [0.2, 0.25) is 5.69 Å². The minimum Gasteiger partial charge on any atom is -0.454 e. The highest BCUT2D eigenvalue weighted by molar-refractivity contribution is 6.14. The van der Waals surface area contributed by atoms with Crippen LogP contribution in [-0.4, -0.2) is 0 Å². The van der Waals surface area contributed by atoms with Gasteiger partial charge in [0.25, 0.3) is 0 Å². The summed E-state index contributed by atoms with van der Waals surface area (Å²) < 4.78 is 8.89. The molecule has 5 aromatic rings. The molecule has 1 aliphatic carbocycles. The second kappa shape index (κ2) is 7.85. The highest BCUT2D eigenvalue weighted by Gasteiger charge is 2.25. The van der Waals surface area contributed by atoms with E-state index in [1.165, 1.54) is 35.1 Å². The van der Waals surface area contributed by atoms with Crippen LogP contribution in [0.1, 0.15) is 40.7 Å². The first-order valence-corrected chi connectivity index (χ1v) is 12.0. The van der Waals surface area contributed by atoms with Crippen molar-refractivity contribution in [2.24, 2.45) is 7.05 Å². The Hall–Kier alpha value is -3.90. The van der Waals surface area contributed by atoms with Crippen LogP contribution >= 0.6 is 0 Å². The van der Waals surface area contributed by atoms with E-state index in [0.717, 1.165) is 57.2 Å². The number of benzene rings is 3. The Bertz CT molecular complexity index is 1650. The number of aromatic nitrogens is 1. The third-order valence-electron chi connectivity index (χ3n) is 7.49. The van der Waals surface area contributed by atoms with Crippen molar-refractivity contribution < 1.29 is 8.98 Å². The lowest BCUT2D eigenvalue weighted by Crippen LogP contribution is -2.30. The second-order valence-electron chi connectivity index (χ2n) is 9.50. The molecule has 0 spiro atoms. The molecule has 0 fully saturated rings. The highest BCUT2D eigenvalue weighted by atomic mass is 16.3. The van der Waals surface area contributed by atoms with E-state index < -0.39 is 0 Å². The first-order chi connectivity index (χ1) is 16.6. The quantitative estimate of drug-likeness (QED) is 0.273. The van der Waals surface area contributed by atoms with Crippen LogP contribution in [0.25, 0.3) is 44.3 Å². The fourth-order valence-electron chi connectivity index (χ4n) is 5.75. The molecule has 2 aromatic heterocycles. The van der Waals surface area contributed by atoms with Gasteiger partial charge in [0, 0.05) is 28.5 Å². The normalized spacial score (nSPS) is 13.2. The fourth-order valence-corrected chi connectivity index (χ4v) is 5.75. The minimum atomic E-state index is 0.673. The van der Waals surface area contributed by atoms with Crippen LogP contribution in [0, 0.1) is 25.2 Å². The number of hydrogen-bond acceptors (Lipinski definition) is 2. The van der Waals surface area contributed by atoms with Gasteiger partial charge in [-0.25, -0.2) is 4.57 Å².